The predicted octanol–water partition coefficient (Wildman–Crippen LogP) is 4.07. The number of rotatable bonds is 5. The molecular weight excluding hydrogens is 246 g/mol. The van der Waals surface area contributed by atoms with Gasteiger partial charge in [0.15, 0.2) is 0 Å². The third-order valence-corrected chi connectivity index (χ3v) is 2.71. The van der Waals surface area contributed by atoms with Crippen molar-refractivity contribution in [1.29, 1.82) is 0 Å². The van der Waals surface area contributed by atoms with E-state index in [0.717, 1.165) is 18.2 Å². The van der Waals surface area contributed by atoms with Crippen molar-refractivity contribution >= 4 is 0 Å². The molecule has 1 atom stereocenters. The van der Waals surface area contributed by atoms with Gasteiger partial charge in [-0.2, -0.15) is 13.2 Å². The van der Waals surface area contributed by atoms with Crippen LogP contribution in [-0.2, 0) is 6.18 Å². The Morgan fingerprint density at radius 2 is 2.06 bits per heavy atom. The summed E-state index contributed by atoms with van der Waals surface area (Å²) < 4.78 is 51.3. The molecule has 0 aliphatic rings. The number of halogens is 4. The molecule has 5 heteroatoms. The molecule has 0 heterocycles. The molecule has 1 unspecified atom stereocenters. The third-order valence-electron chi connectivity index (χ3n) is 2.71. The Labute approximate surface area is 104 Å². The fourth-order valence-electron chi connectivity index (χ4n) is 1.73. The second-order valence-corrected chi connectivity index (χ2v) is 3.94. The van der Waals surface area contributed by atoms with Crippen LogP contribution in [0, 0.1) is 5.82 Å². The van der Waals surface area contributed by atoms with Crippen molar-refractivity contribution in [3.8, 4) is 0 Å². The van der Waals surface area contributed by atoms with Crippen molar-refractivity contribution in [3.05, 3.63) is 47.8 Å². The number of hydrogen-bond acceptors (Lipinski definition) is 1. The highest BCUT2D eigenvalue weighted by Gasteiger charge is 2.31. The van der Waals surface area contributed by atoms with Gasteiger partial charge in [-0.15, -0.1) is 6.58 Å². The predicted molar refractivity (Wildman–Crippen MR) is 62.6 cm³/mol. The van der Waals surface area contributed by atoms with Gasteiger partial charge in [0, 0.05) is 11.6 Å². The fraction of sp³-hybridized carbons (Fsp3) is 0.385. The zero-order chi connectivity index (χ0) is 13.8. The number of nitrogens with one attached hydrogen (secondary N) is 1. The molecular formula is C13H15F4N. The Kier molecular flexibility index (Phi) is 4.90. The standard InChI is InChI=1S/C13H15F4N/c1-3-4-5-12(18-2)10-8-9(13(15,16)17)6-7-11(10)14/h3,6-8,12,18H,1,4-5H2,2H3. The topological polar surface area (TPSA) is 12.0 Å². The van der Waals surface area contributed by atoms with E-state index in [1.165, 1.54) is 0 Å². The summed E-state index contributed by atoms with van der Waals surface area (Å²) in [7, 11) is 1.59. The van der Waals surface area contributed by atoms with Crippen LogP contribution >= 0.6 is 0 Å². The highest BCUT2D eigenvalue weighted by molar-refractivity contribution is 5.29. The summed E-state index contributed by atoms with van der Waals surface area (Å²) in [5.74, 6) is -0.633. The van der Waals surface area contributed by atoms with Gasteiger partial charge >= 0.3 is 6.18 Å². The number of benzene rings is 1. The average molecular weight is 261 g/mol. The molecule has 1 nitrogen and oxygen atoms in total. The normalized spacial score (nSPS) is 13.4. The molecule has 0 aliphatic carbocycles. The van der Waals surface area contributed by atoms with Crippen LogP contribution < -0.4 is 5.32 Å². The lowest BCUT2D eigenvalue weighted by Gasteiger charge is -2.18. The van der Waals surface area contributed by atoms with Crippen LogP contribution in [-0.4, -0.2) is 7.05 Å². The van der Waals surface area contributed by atoms with Crippen molar-refractivity contribution in [1.82, 2.24) is 5.32 Å². The molecule has 18 heavy (non-hydrogen) atoms. The summed E-state index contributed by atoms with van der Waals surface area (Å²) in [4.78, 5) is 0. The first-order valence-electron chi connectivity index (χ1n) is 5.55. The van der Waals surface area contributed by atoms with Crippen molar-refractivity contribution in [3.63, 3.8) is 0 Å². The van der Waals surface area contributed by atoms with Gasteiger partial charge in [-0.1, -0.05) is 6.08 Å². The Hall–Kier alpha value is -1.36. The average Bonchev–Trinajstić information content (AvgIpc) is 2.30. The molecule has 1 aromatic carbocycles. The Balaban J connectivity index is 3.08. The highest BCUT2D eigenvalue weighted by atomic mass is 19.4. The molecule has 0 saturated carbocycles. The number of allylic oxidation sites excluding steroid dienone is 1. The molecule has 0 aliphatic heterocycles. The summed E-state index contributed by atoms with van der Waals surface area (Å²) in [6, 6.07) is 2.01. The van der Waals surface area contributed by atoms with Crippen LogP contribution in [0.4, 0.5) is 17.6 Å². The van der Waals surface area contributed by atoms with E-state index in [0.29, 0.717) is 12.8 Å². The molecule has 0 bridgehead atoms. The van der Waals surface area contributed by atoms with Crippen LogP contribution in [0.25, 0.3) is 0 Å². The Morgan fingerprint density at radius 3 is 2.56 bits per heavy atom. The van der Waals surface area contributed by atoms with Gasteiger partial charge in [-0.05, 0) is 38.1 Å². The summed E-state index contributed by atoms with van der Waals surface area (Å²) >= 11 is 0. The summed E-state index contributed by atoms with van der Waals surface area (Å²) in [6.45, 7) is 3.54. The second kappa shape index (κ2) is 6.00. The Bertz CT molecular complexity index is 412. The SMILES string of the molecule is C=CCCC(NC)c1cc(C(F)(F)F)ccc1F. The van der Waals surface area contributed by atoms with Crippen LogP contribution in [0.3, 0.4) is 0 Å². The highest BCUT2D eigenvalue weighted by Crippen LogP contribution is 2.32. The molecule has 0 radical (unpaired) electrons. The zero-order valence-electron chi connectivity index (χ0n) is 10.0. The summed E-state index contributed by atoms with van der Waals surface area (Å²) in [6.07, 6.45) is -1.71. The van der Waals surface area contributed by atoms with Crippen molar-refractivity contribution in [2.75, 3.05) is 7.05 Å². The van der Waals surface area contributed by atoms with E-state index in [1.54, 1.807) is 13.1 Å². The van der Waals surface area contributed by atoms with Crippen LogP contribution in [0.5, 0.6) is 0 Å². The van der Waals surface area contributed by atoms with Gasteiger partial charge in [0.1, 0.15) is 5.82 Å². The lowest BCUT2D eigenvalue weighted by atomic mass is 9.99. The Morgan fingerprint density at radius 1 is 1.39 bits per heavy atom. The van der Waals surface area contributed by atoms with E-state index in [4.69, 9.17) is 0 Å². The first kappa shape index (κ1) is 14.7. The maximum absolute atomic E-state index is 13.6. The van der Waals surface area contributed by atoms with Crippen molar-refractivity contribution in [2.24, 2.45) is 0 Å². The quantitative estimate of drug-likeness (QED) is 0.622. The van der Waals surface area contributed by atoms with Gasteiger partial charge in [0.05, 0.1) is 5.56 Å². The fourth-order valence-corrected chi connectivity index (χ4v) is 1.73. The summed E-state index contributed by atoms with van der Waals surface area (Å²) in [5.41, 5.74) is -0.799. The molecule has 0 aromatic heterocycles. The number of hydrogen-bond donors (Lipinski definition) is 1. The van der Waals surface area contributed by atoms with Gasteiger partial charge in [-0.3, -0.25) is 0 Å². The minimum Gasteiger partial charge on any atom is -0.313 e. The smallest absolute Gasteiger partial charge is 0.313 e. The molecule has 1 aromatic rings. The molecule has 100 valence electrons. The van der Waals surface area contributed by atoms with Crippen LogP contribution in [0.15, 0.2) is 30.9 Å². The maximum Gasteiger partial charge on any atom is 0.416 e. The maximum atomic E-state index is 13.6. The molecule has 1 N–H and O–H groups in total. The van der Waals surface area contributed by atoms with Crippen molar-refractivity contribution < 1.29 is 17.6 Å². The first-order valence-corrected chi connectivity index (χ1v) is 5.55. The van der Waals surface area contributed by atoms with E-state index in [1.807, 2.05) is 0 Å². The van der Waals surface area contributed by atoms with E-state index in [-0.39, 0.29) is 5.56 Å². The van der Waals surface area contributed by atoms with Crippen LogP contribution in [0.1, 0.15) is 30.0 Å². The largest absolute Gasteiger partial charge is 0.416 e. The van der Waals surface area contributed by atoms with Gasteiger partial charge in [0.2, 0.25) is 0 Å². The zero-order valence-corrected chi connectivity index (χ0v) is 10.0. The van der Waals surface area contributed by atoms with E-state index in [9.17, 15) is 17.6 Å². The van der Waals surface area contributed by atoms with Crippen molar-refractivity contribution in [2.45, 2.75) is 25.1 Å². The van der Waals surface area contributed by atoms with Gasteiger partial charge < -0.3 is 5.32 Å². The molecule has 1 rings (SSSR count). The van der Waals surface area contributed by atoms with Gasteiger partial charge in [0.25, 0.3) is 0 Å². The lowest BCUT2D eigenvalue weighted by Crippen LogP contribution is -2.18. The van der Waals surface area contributed by atoms with E-state index in [2.05, 4.69) is 11.9 Å². The molecule has 0 amide bonds. The van der Waals surface area contributed by atoms with Crippen LogP contribution in [0.2, 0.25) is 0 Å². The minimum absolute atomic E-state index is 0.0363. The molecule has 0 spiro atoms. The summed E-state index contributed by atoms with van der Waals surface area (Å²) in [5, 5.41) is 2.82. The first-order chi connectivity index (χ1) is 8.40. The van der Waals surface area contributed by atoms with E-state index < -0.39 is 23.6 Å². The third kappa shape index (κ3) is 3.57. The molecule has 0 fully saturated rings. The van der Waals surface area contributed by atoms with Gasteiger partial charge in [-0.25, -0.2) is 4.39 Å². The lowest BCUT2D eigenvalue weighted by molar-refractivity contribution is -0.137. The number of alkyl halides is 3. The second-order valence-electron chi connectivity index (χ2n) is 3.94. The molecule has 0 saturated heterocycles. The van der Waals surface area contributed by atoms with E-state index >= 15 is 0 Å². The monoisotopic (exact) mass is 261 g/mol. The minimum atomic E-state index is -4.46.